The second-order valence-electron chi connectivity index (χ2n) is 2.58. The number of hydrogen-bond donors (Lipinski definition) is 1. The Morgan fingerprint density at radius 2 is 1.93 bits per heavy atom. The Hall–Kier alpha value is -1.31. The van der Waals surface area contributed by atoms with Crippen LogP contribution in [0.4, 0.5) is 18.9 Å². The van der Waals surface area contributed by atoms with Gasteiger partial charge in [-0.3, -0.25) is 10.1 Å². The predicted molar refractivity (Wildman–Crippen MR) is 47.5 cm³/mol. The van der Waals surface area contributed by atoms with Crippen LogP contribution in [0.1, 0.15) is 5.56 Å². The minimum Gasteiger partial charge on any atom is -0.502 e. The van der Waals surface area contributed by atoms with Gasteiger partial charge < -0.3 is 5.11 Å². The first-order valence-electron chi connectivity index (χ1n) is 3.47. The van der Waals surface area contributed by atoms with Gasteiger partial charge in [0.15, 0.2) is 5.75 Å². The second kappa shape index (κ2) is 3.69. The van der Waals surface area contributed by atoms with Crippen molar-refractivity contribution in [2.75, 3.05) is 0 Å². The Balaban J connectivity index is 3.54. The molecule has 0 atom stereocenters. The molecule has 1 aromatic rings. The lowest BCUT2D eigenvalue weighted by atomic mass is 10.1. The van der Waals surface area contributed by atoms with E-state index in [1.54, 1.807) is 0 Å². The van der Waals surface area contributed by atoms with Gasteiger partial charge in [-0.25, -0.2) is 0 Å². The first-order chi connectivity index (χ1) is 6.73. The fraction of sp³-hybridized carbons (Fsp3) is 0.143. The van der Waals surface area contributed by atoms with E-state index in [1.165, 1.54) is 0 Å². The van der Waals surface area contributed by atoms with Gasteiger partial charge in [0, 0.05) is 10.5 Å². The summed E-state index contributed by atoms with van der Waals surface area (Å²) in [4.78, 5) is 9.06. The average molecular weight is 286 g/mol. The van der Waals surface area contributed by atoms with Crippen molar-refractivity contribution >= 4 is 21.6 Å². The van der Waals surface area contributed by atoms with E-state index in [0.717, 1.165) is 6.07 Å². The summed E-state index contributed by atoms with van der Waals surface area (Å²) in [5.74, 6) is -1.03. The topological polar surface area (TPSA) is 63.4 Å². The molecule has 0 aliphatic carbocycles. The summed E-state index contributed by atoms with van der Waals surface area (Å²) < 4.78 is 36.9. The quantitative estimate of drug-likeness (QED) is 0.637. The van der Waals surface area contributed by atoms with E-state index < -0.39 is 28.1 Å². The van der Waals surface area contributed by atoms with Crippen LogP contribution in [-0.4, -0.2) is 10.0 Å². The van der Waals surface area contributed by atoms with Crippen LogP contribution in [0.25, 0.3) is 0 Å². The molecular formula is C7H3BrF3NO3. The zero-order valence-corrected chi connectivity index (χ0v) is 8.46. The number of hydrogen-bond acceptors (Lipinski definition) is 3. The van der Waals surface area contributed by atoms with Crippen LogP contribution in [0.2, 0.25) is 0 Å². The average Bonchev–Trinajstić information content (AvgIpc) is 1.99. The van der Waals surface area contributed by atoms with Gasteiger partial charge in [0.2, 0.25) is 0 Å². The van der Waals surface area contributed by atoms with Crippen molar-refractivity contribution < 1.29 is 23.2 Å². The van der Waals surface area contributed by atoms with Gasteiger partial charge >= 0.3 is 11.9 Å². The number of aromatic hydroxyl groups is 1. The number of alkyl halides is 3. The molecule has 0 amide bonds. The maximum absolute atomic E-state index is 12.3. The van der Waals surface area contributed by atoms with Gasteiger partial charge in [-0.05, 0) is 6.07 Å². The lowest BCUT2D eigenvalue weighted by Gasteiger charge is -2.08. The molecule has 82 valence electrons. The summed E-state index contributed by atoms with van der Waals surface area (Å²) in [6.07, 6.45) is -4.89. The molecule has 8 heteroatoms. The lowest BCUT2D eigenvalue weighted by Crippen LogP contribution is -2.09. The van der Waals surface area contributed by atoms with E-state index in [9.17, 15) is 23.3 Å². The van der Waals surface area contributed by atoms with Crippen molar-refractivity contribution in [1.29, 1.82) is 0 Å². The number of nitro benzene ring substituents is 1. The standard InChI is InChI=1S/C7H3BrF3NO3/c8-3-1-4(7(9,10)11)6(12(14)15)5(13)2-3/h1-2,13H. The number of phenols is 1. The van der Waals surface area contributed by atoms with Crippen LogP contribution < -0.4 is 0 Å². The van der Waals surface area contributed by atoms with E-state index in [-0.39, 0.29) is 4.47 Å². The minimum absolute atomic E-state index is 0.0853. The fourth-order valence-corrected chi connectivity index (χ4v) is 1.44. The van der Waals surface area contributed by atoms with Gasteiger partial charge in [-0.15, -0.1) is 0 Å². The Morgan fingerprint density at radius 1 is 1.40 bits per heavy atom. The number of halogens is 4. The zero-order valence-electron chi connectivity index (χ0n) is 6.88. The lowest BCUT2D eigenvalue weighted by molar-refractivity contribution is -0.389. The van der Waals surface area contributed by atoms with Gasteiger partial charge in [0.1, 0.15) is 5.56 Å². The van der Waals surface area contributed by atoms with Crippen molar-refractivity contribution in [3.8, 4) is 5.75 Å². The highest BCUT2D eigenvalue weighted by molar-refractivity contribution is 9.10. The van der Waals surface area contributed by atoms with Crippen LogP contribution in [-0.2, 0) is 6.18 Å². The SMILES string of the molecule is O=[N+]([O-])c1c(O)cc(Br)cc1C(F)(F)F. The molecule has 0 aromatic heterocycles. The molecule has 0 spiro atoms. The summed E-state index contributed by atoms with van der Waals surface area (Å²) in [6, 6.07) is 1.37. The van der Waals surface area contributed by atoms with E-state index in [4.69, 9.17) is 5.11 Å². The van der Waals surface area contributed by atoms with Crippen LogP contribution in [0, 0.1) is 10.1 Å². The molecule has 0 saturated heterocycles. The highest BCUT2D eigenvalue weighted by Crippen LogP contribution is 2.42. The number of benzene rings is 1. The summed E-state index contributed by atoms with van der Waals surface area (Å²) in [5, 5.41) is 19.4. The molecule has 0 aliphatic heterocycles. The molecular weight excluding hydrogens is 283 g/mol. The van der Waals surface area contributed by atoms with Crippen LogP contribution in [0.3, 0.4) is 0 Å². The molecule has 0 fully saturated rings. The van der Waals surface area contributed by atoms with Gasteiger partial charge in [0.25, 0.3) is 0 Å². The normalized spacial score (nSPS) is 11.5. The molecule has 0 aliphatic rings. The Labute approximate surface area is 89.6 Å². The Morgan fingerprint density at radius 3 is 2.33 bits per heavy atom. The van der Waals surface area contributed by atoms with Crippen molar-refractivity contribution in [3.05, 3.63) is 32.3 Å². The van der Waals surface area contributed by atoms with E-state index in [0.29, 0.717) is 6.07 Å². The molecule has 0 radical (unpaired) electrons. The third-order valence-electron chi connectivity index (χ3n) is 1.54. The maximum Gasteiger partial charge on any atom is 0.423 e. The predicted octanol–water partition coefficient (Wildman–Crippen LogP) is 3.08. The second-order valence-corrected chi connectivity index (χ2v) is 3.49. The minimum atomic E-state index is -4.89. The van der Waals surface area contributed by atoms with Gasteiger partial charge in [-0.1, -0.05) is 15.9 Å². The molecule has 1 N–H and O–H groups in total. The summed E-state index contributed by atoms with van der Waals surface area (Å²) >= 11 is 2.71. The zero-order chi connectivity index (χ0) is 11.8. The molecule has 0 heterocycles. The van der Waals surface area contributed by atoms with Gasteiger partial charge in [0.05, 0.1) is 4.92 Å². The van der Waals surface area contributed by atoms with Crippen LogP contribution in [0.15, 0.2) is 16.6 Å². The van der Waals surface area contributed by atoms with Crippen molar-refractivity contribution in [2.45, 2.75) is 6.18 Å². The monoisotopic (exact) mass is 285 g/mol. The molecule has 0 bridgehead atoms. The van der Waals surface area contributed by atoms with Crippen molar-refractivity contribution in [2.24, 2.45) is 0 Å². The van der Waals surface area contributed by atoms with Gasteiger partial charge in [-0.2, -0.15) is 13.2 Å². The largest absolute Gasteiger partial charge is 0.502 e. The highest BCUT2D eigenvalue weighted by atomic mass is 79.9. The molecule has 15 heavy (non-hydrogen) atoms. The van der Waals surface area contributed by atoms with Crippen molar-refractivity contribution in [3.63, 3.8) is 0 Å². The number of nitrogens with zero attached hydrogens (tertiary/aromatic N) is 1. The van der Waals surface area contributed by atoms with Crippen LogP contribution in [0.5, 0.6) is 5.75 Å². The molecule has 4 nitrogen and oxygen atoms in total. The summed E-state index contributed by atoms with van der Waals surface area (Å²) in [6.45, 7) is 0. The molecule has 1 rings (SSSR count). The van der Waals surface area contributed by atoms with E-state index in [2.05, 4.69) is 15.9 Å². The highest BCUT2D eigenvalue weighted by Gasteiger charge is 2.40. The molecule has 1 aromatic carbocycles. The number of nitro groups is 1. The fourth-order valence-electron chi connectivity index (χ4n) is 0.993. The summed E-state index contributed by atoms with van der Waals surface area (Å²) in [5.41, 5.74) is -2.83. The summed E-state index contributed by atoms with van der Waals surface area (Å²) in [7, 11) is 0. The van der Waals surface area contributed by atoms with E-state index >= 15 is 0 Å². The first kappa shape index (κ1) is 11.8. The van der Waals surface area contributed by atoms with Crippen LogP contribution >= 0.6 is 15.9 Å². The number of phenolic OH excluding ortho intramolecular Hbond substituents is 1. The molecule has 0 unspecified atom stereocenters. The maximum atomic E-state index is 12.3. The third kappa shape index (κ3) is 2.38. The molecule has 0 saturated carbocycles. The first-order valence-corrected chi connectivity index (χ1v) is 4.27. The Kier molecular flexibility index (Phi) is 2.89. The smallest absolute Gasteiger partial charge is 0.423 e. The third-order valence-corrected chi connectivity index (χ3v) is 2.00. The van der Waals surface area contributed by atoms with E-state index in [1.807, 2.05) is 0 Å². The Bertz CT molecular complexity index is 419. The van der Waals surface area contributed by atoms with Crippen molar-refractivity contribution in [1.82, 2.24) is 0 Å². The number of rotatable bonds is 1.